The molecule has 3 aromatic rings. The molecule has 0 saturated heterocycles. The highest BCUT2D eigenvalue weighted by atomic mass is 35.5. The Balaban J connectivity index is 1.64. The monoisotopic (exact) mass is 342 g/mol. The molecule has 0 aliphatic carbocycles. The Morgan fingerprint density at radius 3 is 2.67 bits per heavy atom. The summed E-state index contributed by atoms with van der Waals surface area (Å²) in [5.74, 6) is -0.572. The van der Waals surface area contributed by atoms with Crippen LogP contribution in [-0.4, -0.2) is 18.4 Å². The molecule has 0 spiro atoms. The van der Waals surface area contributed by atoms with E-state index in [9.17, 15) is 9.59 Å². The minimum atomic E-state index is -0.472. The van der Waals surface area contributed by atoms with Crippen LogP contribution in [-0.2, 0) is 6.42 Å². The van der Waals surface area contributed by atoms with E-state index in [-0.39, 0.29) is 11.7 Å². The summed E-state index contributed by atoms with van der Waals surface area (Å²) in [4.78, 5) is 23.3. The summed E-state index contributed by atoms with van der Waals surface area (Å²) >= 11 is 6.04. The number of nitrogens with one attached hydrogen (secondary N) is 1. The Hall–Kier alpha value is -2.79. The van der Waals surface area contributed by atoms with Crippen LogP contribution in [0.3, 0.4) is 0 Å². The lowest BCUT2D eigenvalue weighted by Gasteiger charge is -2.04. The van der Waals surface area contributed by atoms with E-state index >= 15 is 0 Å². The highest BCUT2D eigenvalue weighted by Gasteiger charge is 2.13. The Kier molecular flexibility index (Phi) is 4.53. The van der Waals surface area contributed by atoms with Gasteiger partial charge in [0.1, 0.15) is 0 Å². The fourth-order valence-electron chi connectivity index (χ4n) is 2.43. The molecule has 0 saturated carbocycles. The number of para-hydroxylation sites is 1. The number of furan rings is 1. The van der Waals surface area contributed by atoms with E-state index in [1.54, 1.807) is 36.4 Å². The van der Waals surface area contributed by atoms with Crippen molar-refractivity contribution < 1.29 is 14.0 Å². The number of benzene rings is 2. The lowest BCUT2D eigenvalue weighted by Crippen LogP contribution is -2.25. The van der Waals surface area contributed by atoms with Crippen LogP contribution in [0.2, 0.25) is 5.02 Å². The Morgan fingerprint density at radius 1 is 1.12 bits per heavy atom. The van der Waals surface area contributed by atoms with Crippen molar-refractivity contribution in [2.75, 3.05) is 6.54 Å². The number of carbonyl (C=O) groups excluding carboxylic acids is 2. The quantitative estimate of drug-likeness (QED) is 0.746. The average Bonchev–Trinajstić information content (AvgIpc) is 3.01. The Labute approximate surface area is 143 Å². The molecule has 3 N–H and O–H groups in total. The summed E-state index contributed by atoms with van der Waals surface area (Å²) in [5, 5.41) is 4.03. The maximum Gasteiger partial charge on any atom is 0.287 e. The van der Waals surface area contributed by atoms with Gasteiger partial charge in [-0.05, 0) is 36.2 Å². The van der Waals surface area contributed by atoms with Gasteiger partial charge in [0.25, 0.3) is 5.91 Å². The van der Waals surface area contributed by atoms with Gasteiger partial charge in [0.05, 0.1) is 5.02 Å². The first-order chi connectivity index (χ1) is 11.5. The van der Waals surface area contributed by atoms with E-state index in [0.29, 0.717) is 29.1 Å². The van der Waals surface area contributed by atoms with Gasteiger partial charge >= 0.3 is 0 Å². The number of rotatable bonds is 5. The Bertz CT molecular complexity index is 918. The fraction of sp³-hybridized carbons (Fsp3) is 0.111. The maximum absolute atomic E-state index is 12.2. The van der Waals surface area contributed by atoms with Crippen LogP contribution >= 0.6 is 11.6 Å². The maximum atomic E-state index is 12.2. The Morgan fingerprint density at radius 2 is 1.92 bits per heavy atom. The molecular formula is C18H15ClN2O3. The van der Waals surface area contributed by atoms with Crippen molar-refractivity contribution in [1.82, 2.24) is 5.32 Å². The molecule has 0 bridgehead atoms. The summed E-state index contributed by atoms with van der Waals surface area (Å²) in [5.41, 5.74) is 7.12. The second-order valence-electron chi connectivity index (χ2n) is 5.34. The summed E-state index contributed by atoms with van der Waals surface area (Å²) in [7, 11) is 0. The first-order valence-electron chi connectivity index (χ1n) is 7.39. The molecule has 0 atom stereocenters. The van der Waals surface area contributed by atoms with E-state index in [0.717, 1.165) is 10.9 Å². The minimum absolute atomic E-state index is 0.212. The molecule has 24 heavy (non-hydrogen) atoms. The predicted molar refractivity (Wildman–Crippen MR) is 92.2 cm³/mol. The molecule has 0 radical (unpaired) electrons. The molecule has 3 rings (SSSR count). The van der Waals surface area contributed by atoms with Crippen molar-refractivity contribution in [3.63, 3.8) is 0 Å². The van der Waals surface area contributed by atoms with E-state index in [1.807, 2.05) is 12.1 Å². The number of hydrogen-bond donors (Lipinski definition) is 2. The van der Waals surface area contributed by atoms with Gasteiger partial charge in [-0.2, -0.15) is 0 Å². The third-order valence-electron chi connectivity index (χ3n) is 3.63. The fourth-order valence-corrected chi connectivity index (χ4v) is 2.65. The topological polar surface area (TPSA) is 85.3 Å². The van der Waals surface area contributed by atoms with Gasteiger partial charge in [0.2, 0.25) is 5.91 Å². The first kappa shape index (κ1) is 16.1. The molecule has 6 heteroatoms. The highest BCUT2D eigenvalue weighted by molar-refractivity contribution is 6.34. The van der Waals surface area contributed by atoms with Crippen LogP contribution in [0.15, 0.2) is 52.9 Å². The normalized spacial score (nSPS) is 10.7. The molecule has 2 aromatic carbocycles. The lowest BCUT2D eigenvalue weighted by atomic mass is 10.1. The summed E-state index contributed by atoms with van der Waals surface area (Å²) < 4.78 is 5.51. The molecule has 1 aromatic heterocycles. The second kappa shape index (κ2) is 6.76. The third-order valence-corrected chi connectivity index (χ3v) is 3.93. The van der Waals surface area contributed by atoms with Crippen molar-refractivity contribution in [3.05, 3.63) is 70.4 Å². The zero-order valence-corrected chi connectivity index (χ0v) is 13.5. The van der Waals surface area contributed by atoms with E-state index in [4.69, 9.17) is 21.8 Å². The van der Waals surface area contributed by atoms with E-state index < -0.39 is 5.91 Å². The first-order valence-corrected chi connectivity index (χ1v) is 7.77. The number of amides is 2. The summed E-state index contributed by atoms with van der Waals surface area (Å²) in [6, 6.07) is 14.0. The van der Waals surface area contributed by atoms with E-state index in [1.165, 1.54) is 0 Å². The van der Waals surface area contributed by atoms with Crippen molar-refractivity contribution >= 4 is 34.4 Å². The summed E-state index contributed by atoms with van der Waals surface area (Å²) in [6.45, 7) is 0.409. The van der Waals surface area contributed by atoms with Crippen molar-refractivity contribution in [1.29, 1.82) is 0 Å². The minimum Gasteiger partial charge on any atom is -0.449 e. The zero-order chi connectivity index (χ0) is 17.1. The van der Waals surface area contributed by atoms with Gasteiger partial charge in [0.15, 0.2) is 11.3 Å². The molecule has 2 amide bonds. The molecular weight excluding hydrogens is 328 g/mol. The molecule has 0 aliphatic rings. The smallest absolute Gasteiger partial charge is 0.287 e. The standard InChI is InChI=1S/C18H15ClN2O3/c19-14-6-2-4-12-10-15(24-16(12)14)18(23)21-8-7-11-3-1-5-13(9-11)17(20)22/h1-6,9-10H,7-8H2,(H2,20,22)(H,21,23). The molecule has 5 nitrogen and oxygen atoms in total. The van der Waals surface area contributed by atoms with Crippen LogP contribution in [0.1, 0.15) is 26.5 Å². The lowest BCUT2D eigenvalue weighted by molar-refractivity contribution is 0.0927. The van der Waals surface area contributed by atoms with Crippen LogP contribution in [0.5, 0.6) is 0 Å². The highest BCUT2D eigenvalue weighted by Crippen LogP contribution is 2.26. The summed E-state index contributed by atoms with van der Waals surface area (Å²) in [6.07, 6.45) is 0.577. The number of carbonyl (C=O) groups is 2. The van der Waals surface area contributed by atoms with Gasteiger partial charge in [-0.1, -0.05) is 35.9 Å². The van der Waals surface area contributed by atoms with Crippen molar-refractivity contribution in [2.45, 2.75) is 6.42 Å². The van der Waals surface area contributed by atoms with Gasteiger partial charge < -0.3 is 15.5 Å². The molecule has 122 valence electrons. The molecule has 1 heterocycles. The van der Waals surface area contributed by atoms with Crippen molar-refractivity contribution in [2.24, 2.45) is 5.73 Å². The van der Waals surface area contributed by atoms with Crippen LogP contribution < -0.4 is 11.1 Å². The SMILES string of the molecule is NC(=O)c1cccc(CCNC(=O)c2cc3cccc(Cl)c3o2)c1. The number of fused-ring (bicyclic) bond motifs is 1. The van der Waals surface area contributed by atoms with Crippen molar-refractivity contribution in [3.8, 4) is 0 Å². The number of hydrogen-bond acceptors (Lipinski definition) is 3. The largest absolute Gasteiger partial charge is 0.449 e. The van der Waals surface area contributed by atoms with Crippen LogP contribution in [0, 0.1) is 0 Å². The van der Waals surface area contributed by atoms with Crippen LogP contribution in [0.4, 0.5) is 0 Å². The number of halogens is 1. The molecule has 0 fully saturated rings. The van der Waals surface area contributed by atoms with Gasteiger partial charge in [-0.25, -0.2) is 0 Å². The number of primary amides is 1. The third kappa shape index (κ3) is 3.41. The second-order valence-corrected chi connectivity index (χ2v) is 5.75. The van der Waals surface area contributed by atoms with Crippen LogP contribution in [0.25, 0.3) is 11.0 Å². The van der Waals surface area contributed by atoms with Gasteiger partial charge in [-0.15, -0.1) is 0 Å². The predicted octanol–water partition coefficient (Wildman–Crippen LogP) is 3.16. The number of nitrogens with two attached hydrogens (primary N) is 1. The molecule has 0 aliphatic heterocycles. The zero-order valence-electron chi connectivity index (χ0n) is 12.7. The van der Waals surface area contributed by atoms with Gasteiger partial charge in [-0.3, -0.25) is 9.59 Å². The molecule has 0 unspecified atom stereocenters. The van der Waals surface area contributed by atoms with Gasteiger partial charge in [0, 0.05) is 17.5 Å². The average molecular weight is 343 g/mol. The van der Waals surface area contributed by atoms with E-state index in [2.05, 4.69) is 5.32 Å².